The Hall–Kier alpha value is -0.830. The Morgan fingerprint density at radius 2 is 2.27 bits per heavy atom. The van der Waals surface area contributed by atoms with Gasteiger partial charge in [-0.05, 0) is 19.4 Å². The number of hydrogen-bond donors (Lipinski definition) is 0. The zero-order valence-corrected chi connectivity index (χ0v) is 6.87. The third-order valence-electron chi connectivity index (χ3n) is 2.16. The first-order valence-electron chi connectivity index (χ1n) is 3.87. The minimum atomic E-state index is 0.488. The van der Waals surface area contributed by atoms with Gasteiger partial charge in [0.15, 0.2) is 0 Å². The zero-order valence-electron chi connectivity index (χ0n) is 6.87. The van der Waals surface area contributed by atoms with E-state index in [0.29, 0.717) is 6.04 Å². The van der Waals surface area contributed by atoms with E-state index in [-0.39, 0.29) is 0 Å². The van der Waals surface area contributed by atoms with Gasteiger partial charge in [0.25, 0.3) is 0 Å². The molecule has 1 aromatic rings. The smallest absolute Gasteiger partial charge is 0.0985 e. The fourth-order valence-electron chi connectivity index (χ4n) is 1.14. The molecule has 0 aliphatic carbocycles. The van der Waals surface area contributed by atoms with Crippen molar-refractivity contribution in [2.75, 3.05) is 13.2 Å². The van der Waals surface area contributed by atoms with Gasteiger partial charge >= 0.3 is 0 Å². The quantitative estimate of drug-likeness (QED) is 0.602. The molecule has 60 valence electrons. The summed E-state index contributed by atoms with van der Waals surface area (Å²) < 4.78 is 7.09. The van der Waals surface area contributed by atoms with Gasteiger partial charge in [0, 0.05) is 6.20 Å². The first-order chi connectivity index (χ1) is 5.27. The summed E-state index contributed by atoms with van der Waals surface area (Å²) in [7, 11) is 0. The lowest BCUT2D eigenvalue weighted by atomic mass is 10.2. The summed E-state index contributed by atoms with van der Waals surface area (Å²) in [6.45, 7) is 5.75. The van der Waals surface area contributed by atoms with Crippen molar-refractivity contribution in [1.82, 2.24) is 9.78 Å². The van der Waals surface area contributed by atoms with Crippen LogP contribution in [0.15, 0.2) is 6.20 Å². The molecule has 1 aromatic heterocycles. The van der Waals surface area contributed by atoms with E-state index in [1.165, 1.54) is 5.56 Å². The molecule has 1 aliphatic rings. The van der Waals surface area contributed by atoms with E-state index in [2.05, 4.69) is 18.2 Å². The maximum Gasteiger partial charge on any atom is 0.0985 e. The number of ether oxygens (including phenoxy) is 1. The van der Waals surface area contributed by atoms with E-state index in [1.807, 2.05) is 11.6 Å². The van der Waals surface area contributed by atoms with Crippen molar-refractivity contribution >= 4 is 0 Å². The van der Waals surface area contributed by atoms with Crippen molar-refractivity contribution in [2.45, 2.75) is 19.9 Å². The molecule has 1 saturated heterocycles. The van der Waals surface area contributed by atoms with E-state index in [1.54, 1.807) is 0 Å². The lowest BCUT2D eigenvalue weighted by molar-refractivity contribution is -0.0287. The van der Waals surface area contributed by atoms with Crippen LogP contribution in [0.2, 0.25) is 0 Å². The normalized spacial score (nSPS) is 18.4. The summed E-state index contributed by atoms with van der Waals surface area (Å²) in [5.41, 5.74) is 2.38. The van der Waals surface area contributed by atoms with Gasteiger partial charge in [-0.15, -0.1) is 0 Å². The molecular formula is C8H12N2O. The van der Waals surface area contributed by atoms with Gasteiger partial charge in [-0.25, -0.2) is 0 Å². The van der Waals surface area contributed by atoms with Crippen LogP contribution in [0.1, 0.15) is 17.3 Å². The van der Waals surface area contributed by atoms with Crippen molar-refractivity contribution in [1.29, 1.82) is 0 Å². The van der Waals surface area contributed by atoms with Gasteiger partial charge in [0.1, 0.15) is 0 Å². The predicted octanol–water partition coefficient (Wildman–Crippen LogP) is 1.07. The highest BCUT2D eigenvalue weighted by atomic mass is 16.5. The fourth-order valence-corrected chi connectivity index (χ4v) is 1.14. The molecule has 0 bridgehead atoms. The molecule has 1 aliphatic heterocycles. The van der Waals surface area contributed by atoms with E-state index in [4.69, 9.17) is 4.74 Å². The Labute approximate surface area is 66.0 Å². The van der Waals surface area contributed by atoms with Crippen LogP contribution in [0.4, 0.5) is 0 Å². The first kappa shape index (κ1) is 6.85. The average Bonchev–Trinajstić information content (AvgIpc) is 2.08. The number of nitrogens with zero attached hydrogens (tertiary/aromatic N) is 2. The molecule has 3 nitrogen and oxygen atoms in total. The predicted molar refractivity (Wildman–Crippen MR) is 41.6 cm³/mol. The van der Waals surface area contributed by atoms with Crippen LogP contribution < -0.4 is 0 Å². The second kappa shape index (κ2) is 2.34. The van der Waals surface area contributed by atoms with Gasteiger partial charge in [-0.1, -0.05) is 0 Å². The van der Waals surface area contributed by atoms with E-state index < -0.39 is 0 Å². The molecule has 1 fully saturated rings. The maximum atomic E-state index is 5.08. The third kappa shape index (κ3) is 1.05. The van der Waals surface area contributed by atoms with Crippen molar-refractivity contribution in [3.8, 4) is 0 Å². The Morgan fingerprint density at radius 3 is 2.64 bits per heavy atom. The average molecular weight is 152 g/mol. The van der Waals surface area contributed by atoms with Crippen LogP contribution in [0.25, 0.3) is 0 Å². The highest BCUT2D eigenvalue weighted by Crippen LogP contribution is 2.17. The third-order valence-corrected chi connectivity index (χ3v) is 2.16. The maximum absolute atomic E-state index is 5.08. The number of rotatable bonds is 1. The summed E-state index contributed by atoms with van der Waals surface area (Å²) in [5.74, 6) is 0. The van der Waals surface area contributed by atoms with Crippen molar-refractivity contribution in [2.24, 2.45) is 0 Å². The Kier molecular flexibility index (Phi) is 1.46. The van der Waals surface area contributed by atoms with E-state index >= 15 is 0 Å². The Balaban J connectivity index is 2.24. The van der Waals surface area contributed by atoms with E-state index in [9.17, 15) is 0 Å². The molecule has 0 amide bonds. The summed E-state index contributed by atoms with van der Waals surface area (Å²) in [6.07, 6.45) is 2.09. The molecule has 2 heterocycles. The number of aryl methyl sites for hydroxylation is 2. The molecule has 0 unspecified atom stereocenters. The number of hydrogen-bond acceptors (Lipinski definition) is 2. The van der Waals surface area contributed by atoms with Crippen LogP contribution in [0, 0.1) is 13.8 Å². The van der Waals surface area contributed by atoms with Gasteiger partial charge in [0.2, 0.25) is 0 Å². The molecule has 3 heteroatoms. The van der Waals surface area contributed by atoms with Crippen LogP contribution in [0.5, 0.6) is 0 Å². The van der Waals surface area contributed by atoms with Crippen LogP contribution in [0.3, 0.4) is 0 Å². The molecule has 0 spiro atoms. The van der Waals surface area contributed by atoms with Crippen molar-refractivity contribution in [3.05, 3.63) is 17.5 Å². The SMILES string of the molecule is Cc1cn(C2COC2)nc1C. The molecule has 0 radical (unpaired) electrons. The second-order valence-electron chi connectivity index (χ2n) is 3.07. The largest absolute Gasteiger partial charge is 0.377 e. The Bertz CT molecular complexity index is 244. The molecule has 2 rings (SSSR count). The van der Waals surface area contributed by atoms with Gasteiger partial charge in [-0.3, -0.25) is 4.68 Å². The molecule has 0 saturated carbocycles. The van der Waals surface area contributed by atoms with Crippen molar-refractivity contribution < 1.29 is 4.74 Å². The molecule has 0 N–H and O–H groups in total. The second-order valence-corrected chi connectivity index (χ2v) is 3.07. The summed E-state index contributed by atoms with van der Waals surface area (Å²) >= 11 is 0. The fraction of sp³-hybridized carbons (Fsp3) is 0.625. The molecule has 11 heavy (non-hydrogen) atoms. The lowest BCUT2D eigenvalue weighted by Gasteiger charge is -2.25. The minimum Gasteiger partial charge on any atom is -0.377 e. The van der Waals surface area contributed by atoms with Crippen LogP contribution in [-0.4, -0.2) is 23.0 Å². The first-order valence-corrected chi connectivity index (χ1v) is 3.87. The monoisotopic (exact) mass is 152 g/mol. The van der Waals surface area contributed by atoms with Crippen molar-refractivity contribution in [3.63, 3.8) is 0 Å². The van der Waals surface area contributed by atoms with Gasteiger partial charge < -0.3 is 4.74 Å². The summed E-state index contributed by atoms with van der Waals surface area (Å²) in [4.78, 5) is 0. The topological polar surface area (TPSA) is 27.1 Å². The van der Waals surface area contributed by atoms with E-state index in [0.717, 1.165) is 18.9 Å². The van der Waals surface area contributed by atoms with Crippen LogP contribution in [-0.2, 0) is 4.74 Å². The highest BCUT2D eigenvalue weighted by Gasteiger charge is 2.21. The molecule has 0 atom stereocenters. The standard InChI is InChI=1S/C8H12N2O/c1-6-3-10(9-7(6)2)8-4-11-5-8/h3,8H,4-5H2,1-2H3. The van der Waals surface area contributed by atoms with Gasteiger partial charge in [-0.2, -0.15) is 5.10 Å². The summed E-state index contributed by atoms with van der Waals surface area (Å²) in [6, 6.07) is 0.488. The zero-order chi connectivity index (χ0) is 7.84. The summed E-state index contributed by atoms with van der Waals surface area (Å²) in [5, 5.41) is 4.37. The van der Waals surface area contributed by atoms with Crippen LogP contribution >= 0.6 is 0 Å². The Morgan fingerprint density at radius 1 is 1.55 bits per heavy atom. The lowest BCUT2D eigenvalue weighted by Crippen LogP contribution is -2.30. The molecule has 0 aromatic carbocycles. The highest BCUT2D eigenvalue weighted by molar-refractivity contribution is 5.13. The minimum absolute atomic E-state index is 0.488. The van der Waals surface area contributed by atoms with Gasteiger partial charge in [0.05, 0.1) is 24.9 Å². The molecular weight excluding hydrogens is 140 g/mol. The number of aromatic nitrogens is 2.